The van der Waals surface area contributed by atoms with Crippen LogP contribution in [0.5, 0.6) is 0 Å². The van der Waals surface area contributed by atoms with Crippen LogP contribution >= 0.6 is 0 Å². The molecule has 1 aromatic carbocycles. The molecule has 2 fully saturated rings. The van der Waals surface area contributed by atoms with Gasteiger partial charge in [-0.25, -0.2) is 5.43 Å². The Morgan fingerprint density at radius 1 is 1.00 bits per heavy atom. The van der Waals surface area contributed by atoms with Gasteiger partial charge in [-0.2, -0.15) is 0 Å². The maximum absolute atomic E-state index is 12.1. The van der Waals surface area contributed by atoms with E-state index >= 15 is 0 Å². The molecule has 3 nitrogen and oxygen atoms in total. The van der Waals surface area contributed by atoms with Crippen LogP contribution in [-0.4, -0.2) is 17.5 Å². The summed E-state index contributed by atoms with van der Waals surface area (Å²) < 4.78 is 0. The molecule has 0 radical (unpaired) electrons. The number of hydrogen-bond acceptors (Lipinski definition) is 2. The van der Waals surface area contributed by atoms with E-state index in [9.17, 15) is 4.79 Å². The van der Waals surface area contributed by atoms with Crippen LogP contribution in [0.25, 0.3) is 0 Å². The zero-order chi connectivity index (χ0) is 14.5. The Labute approximate surface area is 127 Å². The molecule has 3 rings (SSSR count). The average Bonchev–Trinajstić information content (AvgIpc) is 2.56. The summed E-state index contributed by atoms with van der Waals surface area (Å²) in [6, 6.07) is 10.9. The third-order valence-electron chi connectivity index (χ3n) is 4.90. The lowest BCUT2D eigenvalue weighted by Crippen LogP contribution is -2.49. The summed E-state index contributed by atoms with van der Waals surface area (Å²) in [7, 11) is 0. The summed E-state index contributed by atoms with van der Waals surface area (Å²) in [6.45, 7) is 0.856. The summed E-state index contributed by atoms with van der Waals surface area (Å²) in [5, 5.41) is 1.88. The summed E-state index contributed by atoms with van der Waals surface area (Å²) in [6.07, 6.45) is 9.40. The van der Waals surface area contributed by atoms with Crippen LogP contribution in [0.1, 0.15) is 63.0 Å². The fourth-order valence-corrected chi connectivity index (χ4v) is 3.69. The van der Waals surface area contributed by atoms with Crippen LogP contribution in [0, 0.1) is 5.92 Å². The predicted octanol–water partition coefficient (Wildman–Crippen LogP) is 3.83. The van der Waals surface area contributed by atoms with Gasteiger partial charge < -0.3 is 0 Å². The van der Waals surface area contributed by atoms with E-state index in [-0.39, 0.29) is 11.9 Å². The van der Waals surface area contributed by atoms with Crippen molar-refractivity contribution in [3.05, 3.63) is 35.9 Å². The molecule has 0 bridgehead atoms. The number of hydrazine groups is 1. The van der Waals surface area contributed by atoms with Crippen molar-refractivity contribution in [1.82, 2.24) is 10.4 Å². The molecule has 0 spiro atoms. The molecule has 1 atom stereocenters. The standard InChI is InChI=1S/C18H26N2O/c21-17-13-7-8-14-20(17)19-18(15-9-3-1-4-10-15)16-11-5-2-6-12-16/h1,3-4,9-10,16,18-19H,2,5-8,11-14H2. The molecule has 1 unspecified atom stereocenters. The largest absolute Gasteiger partial charge is 0.277 e. The third kappa shape index (κ3) is 3.65. The zero-order valence-electron chi connectivity index (χ0n) is 12.8. The minimum atomic E-state index is 0.262. The predicted molar refractivity (Wildman–Crippen MR) is 84.5 cm³/mol. The van der Waals surface area contributed by atoms with Crippen LogP contribution in [0.3, 0.4) is 0 Å². The number of carbonyl (C=O) groups is 1. The molecular formula is C18H26N2O. The van der Waals surface area contributed by atoms with Crippen molar-refractivity contribution in [3.63, 3.8) is 0 Å². The first-order valence-corrected chi connectivity index (χ1v) is 8.46. The number of carbonyl (C=O) groups excluding carboxylic acids is 1. The molecule has 1 N–H and O–H groups in total. The van der Waals surface area contributed by atoms with Crippen LogP contribution in [0.2, 0.25) is 0 Å². The lowest BCUT2D eigenvalue weighted by molar-refractivity contribution is -0.138. The molecule has 1 heterocycles. The van der Waals surface area contributed by atoms with Gasteiger partial charge in [-0.05, 0) is 37.2 Å². The molecule has 1 amide bonds. The molecule has 114 valence electrons. The first kappa shape index (κ1) is 14.6. The maximum Gasteiger partial charge on any atom is 0.236 e. The highest BCUT2D eigenvalue weighted by molar-refractivity contribution is 5.76. The lowest BCUT2D eigenvalue weighted by Gasteiger charge is -2.37. The minimum absolute atomic E-state index is 0.262. The SMILES string of the molecule is O=C1CCCCN1NC(c1ccccc1)C1CCCCC1. The van der Waals surface area contributed by atoms with Gasteiger partial charge in [-0.15, -0.1) is 0 Å². The summed E-state index contributed by atoms with van der Waals surface area (Å²) >= 11 is 0. The molecule has 1 aliphatic heterocycles. The highest BCUT2D eigenvalue weighted by atomic mass is 16.2. The second-order valence-electron chi connectivity index (χ2n) is 6.42. The molecule has 2 aliphatic rings. The second kappa shape index (κ2) is 7.08. The Bertz CT molecular complexity index is 454. The summed E-state index contributed by atoms with van der Waals surface area (Å²) in [5.41, 5.74) is 4.90. The number of benzene rings is 1. The average molecular weight is 286 g/mol. The van der Waals surface area contributed by atoms with E-state index in [4.69, 9.17) is 0 Å². The molecule has 21 heavy (non-hydrogen) atoms. The summed E-state index contributed by atoms with van der Waals surface area (Å²) in [5.74, 6) is 0.911. The van der Waals surface area contributed by atoms with Crippen molar-refractivity contribution in [1.29, 1.82) is 0 Å². The zero-order valence-corrected chi connectivity index (χ0v) is 12.8. The van der Waals surface area contributed by atoms with Crippen LogP contribution < -0.4 is 5.43 Å². The van der Waals surface area contributed by atoms with Gasteiger partial charge in [0, 0.05) is 13.0 Å². The van der Waals surface area contributed by atoms with Crippen molar-refractivity contribution < 1.29 is 4.79 Å². The monoisotopic (exact) mass is 286 g/mol. The van der Waals surface area contributed by atoms with Gasteiger partial charge >= 0.3 is 0 Å². The third-order valence-corrected chi connectivity index (χ3v) is 4.90. The Kier molecular flexibility index (Phi) is 4.91. The normalized spacial score (nSPS) is 22.3. The first-order chi connectivity index (χ1) is 10.3. The van der Waals surface area contributed by atoms with E-state index in [0.29, 0.717) is 12.3 Å². The topological polar surface area (TPSA) is 32.3 Å². The number of nitrogens with one attached hydrogen (secondary N) is 1. The minimum Gasteiger partial charge on any atom is -0.277 e. The molecular weight excluding hydrogens is 260 g/mol. The van der Waals surface area contributed by atoms with Gasteiger partial charge in [0.25, 0.3) is 0 Å². The number of rotatable bonds is 4. The fourth-order valence-electron chi connectivity index (χ4n) is 3.69. The maximum atomic E-state index is 12.1. The van der Waals surface area contributed by atoms with Gasteiger partial charge in [0.15, 0.2) is 0 Å². The highest BCUT2D eigenvalue weighted by Crippen LogP contribution is 2.34. The Balaban J connectivity index is 1.76. The number of amides is 1. The van der Waals surface area contributed by atoms with Crippen molar-refractivity contribution in [2.75, 3.05) is 6.54 Å². The highest BCUT2D eigenvalue weighted by Gasteiger charge is 2.28. The van der Waals surface area contributed by atoms with Gasteiger partial charge in [0.1, 0.15) is 0 Å². The molecule has 1 saturated heterocycles. The number of piperidine rings is 1. The van der Waals surface area contributed by atoms with Crippen molar-refractivity contribution in [2.24, 2.45) is 5.92 Å². The van der Waals surface area contributed by atoms with Crippen LogP contribution in [0.15, 0.2) is 30.3 Å². The van der Waals surface area contributed by atoms with Gasteiger partial charge in [-0.1, -0.05) is 49.6 Å². The Morgan fingerprint density at radius 3 is 2.48 bits per heavy atom. The molecule has 1 aliphatic carbocycles. The first-order valence-electron chi connectivity index (χ1n) is 8.46. The molecule has 1 aromatic rings. The van der Waals surface area contributed by atoms with Crippen molar-refractivity contribution in [2.45, 2.75) is 57.4 Å². The Hall–Kier alpha value is -1.35. The molecule has 3 heteroatoms. The van der Waals surface area contributed by atoms with E-state index in [1.807, 2.05) is 5.01 Å². The number of hydrogen-bond donors (Lipinski definition) is 1. The van der Waals surface area contributed by atoms with Gasteiger partial charge in [-0.3, -0.25) is 9.80 Å². The van der Waals surface area contributed by atoms with Gasteiger partial charge in [0.05, 0.1) is 6.04 Å². The van der Waals surface area contributed by atoms with E-state index in [1.54, 1.807) is 0 Å². The van der Waals surface area contributed by atoms with E-state index in [2.05, 4.69) is 35.8 Å². The van der Waals surface area contributed by atoms with Gasteiger partial charge in [0.2, 0.25) is 5.91 Å². The molecule has 1 saturated carbocycles. The summed E-state index contributed by atoms with van der Waals surface area (Å²) in [4.78, 5) is 12.1. The van der Waals surface area contributed by atoms with E-state index in [1.165, 1.54) is 37.7 Å². The second-order valence-corrected chi connectivity index (χ2v) is 6.42. The van der Waals surface area contributed by atoms with Crippen LogP contribution in [0.4, 0.5) is 0 Å². The lowest BCUT2D eigenvalue weighted by atomic mass is 9.81. The van der Waals surface area contributed by atoms with Crippen molar-refractivity contribution in [3.8, 4) is 0 Å². The smallest absolute Gasteiger partial charge is 0.236 e. The van der Waals surface area contributed by atoms with E-state index < -0.39 is 0 Å². The molecule has 0 aromatic heterocycles. The fraction of sp³-hybridized carbons (Fsp3) is 0.611. The Morgan fingerprint density at radius 2 is 1.76 bits per heavy atom. The quantitative estimate of drug-likeness (QED) is 0.912. The van der Waals surface area contributed by atoms with E-state index in [0.717, 1.165) is 19.4 Å². The van der Waals surface area contributed by atoms with Crippen LogP contribution in [-0.2, 0) is 4.79 Å². The number of nitrogens with zero attached hydrogens (tertiary/aromatic N) is 1. The van der Waals surface area contributed by atoms with Crippen molar-refractivity contribution >= 4 is 5.91 Å².